The summed E-state index contributed by atoms with van der Waals surface area (Å²) in [6, 6.07) is 16.3. The SMILES string of the molecule is CCNc1cccc(-c2ccc3cccnc3c2)n1. The van der Waals surface area contributed by atoms with Gasteiger partial charge in [-0.2, -0.15) is 0 Å². The Labute approximate surface area is 112 Å². The molecule has 1 aromatic carbocycles. The molecule has 0 unspecified atom stereocenters. The molecular formula is C16H15N3. The lowest BCUT2D eigenvalue weighted by Crippen LogP contribution is -1.99. The van der Waals surface area contributed by atoms with Crippen LogP contribution in [-0.2, 0) is 0 Å². The van der Waals surface area contributed by atoms with Gasteiger partial charge in [0, 0.05) is 23.7 Å². The molecule has 3 heteroatoms. The van der Waals surface area contributed by atoms with E-state index >= 15 is 0 Å². The smallest absolute Gasteiger partial charge is 0.126 e. The topological polar surface area (TPSA) is 37.8 Å². The van der Waals surface area contributed by atoms with Crippen LogP contribution in [0.5, 0.6) is 0 Å². The van der Waals surface area contributed by atoms with Gasteiger partial charge in [-0.3, -0.25) is 4.98 Å². The van der Waals surface area contributed by atoms with Gasteiger partial charge in [0.15, 0.2) is 0 Å². The Morgan fingerprint density at radius 3 is 2.89 bits per heavy atom. The molecule has 0 aliphatic heterocycles. The van der Waals surface area contributed by atoms with Crippen molar-refractivity contribution in [1.82, 2.24) is 9.97 Å². The normalized spacial score (nSPS) is 10.6. The minimum absolute atomic E-state index is 0.871. The summed E-state index contributed by atoms with van der Waals surface area (Å²) >= 11 is 0. The molecule has 3 rings (SSSR count). The highest BCUT2D eigenvalue weighted by molar-refractivity contribution is 5.83. The molecule has 0 fully saturated rings. The number of rotatable bonds is 3. The first-order valence-electron chi connectivity index (χ1n) is 6.43. The minimum Gasteiger partial charge on any atom is -0.370 e. The first kappa shape index (κ1) is 11.7. The van der Waals surface area contributed by atoms with Crippen molar-refractivity contribution in [3.63, 3.8) is 0 Å². The van der Waals surface area contributed by atoms with E-state index < -0.39 is 0 Å². The summed E-state index contributed by atoms with van der Waals surface area (Å²) in [4.78, 5) is 8.98. The summed E-state index contributed by atoms with van der Waals surface area (Å²) in [5.41, 5.74) is 3.05. The Morgan fingerprint density at radius 1 is 1.05 bits per heavy atom. The summed E-state index contributed by atoms with van der Waals surface area (Å²) in [7, 11) is 0. The van der Waals surface area contributed by atoms with Crippen LogP contribution in [0.4, 0.5) is 5.82 Å². The minimum atomic E-state index is 0.871. The van der Waals surface area contributed by atoms with Crippen molar-refractivity contribution in [3.8, 4) is 11.3 Å². The van der Waals surface area contributed by atoms with Crippen molar-refractivity contribution >= 4 is 16.7 Å². The average molecular weight is 249 g/mol. The van der Waals surface area contributed by atoms with Crippen LogP contribution in [0.15, 0.2) is 54.7 Å². The first-order chi connectivity index (χ1) is 9.36. The zero-order valence-corrected chi connectivity index (χ0v) is 10.8. The van der Waals surface area contributed by atoms with Crippen molar-refractivity contribution in [1.29, 1.82) is 0 Å². The number of hydrogen-bond donors (Lipinski definition) is 1. The summed E-state index contributed by atoms with van der Waals surface area (Å²) < 4.78 is 0. The van der Waals surface area contributed by atoms with Crippen LogP contribution >= 0.6 is 0 Å². The monoisotopic (exact) mass is 249 g/mol. The summed E-state index contributed by atoms with van der Waals surface area (Å²) in [5.74, 6) is 0.904. The zero-order valence-electron chi connectivity index (χ0n) is 10.8. The van der Waals surface area contributed by atoms with Gasteiger partial charge in [0.05, 0.1) is 11.2 Å². The Balaban J connectivity index is 2.05. The van der Waals surface area contributed by atoms with Gasteiger partial charge in [-0.25, -0.2) is 4.98 Å². The molecule has 3 nitrogen and oxygen atoms in total. The van der Waals surface area contributed by atoms with Crippen LogP contribution in [0, 0.1) is 0 Å². The maximum absolute atomic E-state index is 4.60. The third-order valence-corrected chi connectivity index (χ3v) is 3.01. The molecule has 2 heterocycles. The summed E-state index contributed by atoms with van der Waals surface area (Å²) in [6.07, 6.45) is 1.81. The summed E-state index contributed by atoms with van der Waals surface area (Å²) in [6.45, 7) is 2.93. The lowest BCUT2D eigenvalue weighted by atomic mass is 10.1. The van der Waals surface area contributed by atoms with Crippen LogP contribution in [-0.4, -0.2) is 16.5 Å². The Hall–Kier alpha value is -2.42. The van der Waals surface area contributed by atoms with E-state index in [1.54, 1.807) is 0 Å². The highest BCUT2D eigenvalue weighted by atomic mass is 15.0. The van der Waals surface area contributed by atoms with Crippen LogP contribution in [0.2, 0.25) is 0 Å². The Morgan fingerprint density at radius 2 is 2.00 bits per heavy atom. The number of fused-ring (bicyclic) bond motifs is 1. The van der Waals surface area contributed by atoms with E-state index in [1.807, 2.05) is 30.5 Å². The second-order valence-electron chi connectivity index (χ2n) is 4.35. The van der Waals surface area contributed by atoms with E-state index in [0.717, 1.165) is 34.5 Å². The van der Waals surface area contributed by atoms with E-state index in [4.69, 9.17) is 0 Å². The Bertz CT molecular complexity index is 707. The fourth-order valence-electron chi connectivity index (χ4n) is 2.10. The molecule has 0 saturated carbocycles. The Kier molecular flexibility index (Phi) is 3.11. The van der Waals surface area contributed by atoms with E-state index in [-0.39, 0.29) is 0 Å². The number of aromatic nitrogens is 2. The lowest BCUT2D eigenvalue weighted by Gasteiger charge is -2.06. The maximum Gasteiger partial charge on any atom is 0.126 e. The largest absolute Gasteiger partial charge is 0.370 e. The van der Waals surface area contributed by atoms with Gasteiger partial charge in [-0.15, -0.1) is 0 Å². The lowest BCUT2D eigenvalue weighted by molar-refractivity contribution is 1.16. The molecule has 0 saturated heterocycles. The predicted octanol–water partition coefficient (Wildman–Crippen LogP) is 3.73. The fraction of sp³-hybridized carbons (Fsp3) is 0.125. The molecule has 0 bridgehead atoms. The molecule has 19 heavy (non-hydrogen) atoms. The predicted molar refractivity (Wildman–Crippen MR) is 79.1 cm³/mol. The number of benzene rings is 1. The van der Waals surface area contributed by atoms with E-state index in [0.29, 0.717) is 0 Å². The van der Waals surface area contributed by atoms with Crippen molar-refractivity contribution in [3.05, 3.63) is 54.7 Å². The second-order valence-corrected chi connectivity index (χ2v) is 4.35. The number of nitrogens with zero attached hydrogens (tertiary/aromatic N) is 2. The number of hydrogen-bond acceptors (Lipinski definition) is 3. The van der Waals surface area contributed by atoms with Crippen LogP contribution in [0.3, 0.4) is 0 Å². The fourth-order valence-corrected chi connectivity index (χ4v) is 2.10. The van der Waals surface area contributed by atoms with Gasteiger partial charge >= 0.3 is 0 Å². The number of nitrogens with one attached hydrogen (secondary N) is 1. The zero-order chi connectivity index (χ0) is 13.1. The molecule has 0 amide bonds. The molecule has 0 atom stereocenters. The number of anilines is 1. The highest BCUT2D eigenvalue weighted by Gasteiger charge is 2.02. The molecule has 0 aliphatic carbocycles. The molecule has 0 radical (unpaired) electrons. The van der Waals surface area contributed by atoms with Crippen molar-refractivity contribution in [2.24, 2.45) is 0 Å². The van der Waals surface area contributed by atoms with E-state index in [1.165, 1.54) is 0 Å². The van der Waals surface area contributed by atoms with E-state index in [9.17, 15) is 0 Å². The molecule has 2 aromatic heterocycles. The van der Waals surface area contributed by atoms with Gasteiger partial charge in [0.25, 0.3) is 0 Å². The average Bonchev–Trinajstić information content (AvgIpc) is 2.47. The molecule has 1 N–H and O–H groups in total. The van der Waals surface area contributed by atoms with Crippen molar-refractivity contribution in [2.45, 2.75) is 6.92 Å². The van der Waals surface area contributed by atoms with Gasteiger partial charge in [-0.1, -0.05) is 24.3 Å². The van der Waals surface area contributed by atoms with Crippen molar-refractivity contribution in [2.75, 3.05) is 11.9 Å². The summed E-state index contributed by atoms with van der Waals surface area (Å²) in [5, 5.41) is 4.38. The molecular weight excluding hydrogens is 234 g/mol. The molecule has 94 valence electrons. The third kappa shape index (κ3) is 2.40. The first-order valence-corrected chi connectivity index (χ1v) is 6.43. The molecule has 3 aromatic rings. The quantitative estimate of drug-likeness (QED) is 0.768. The van der Waals surface area contributed by atoms with Crippen LogP contribution in [0.1, 0.15) is 6.92 Å². The van der Waals surface area contributed by atoms with Gasteiger partial charge < -0.3 is 5.32 Å². The van der Waals surface area contributed by atoms with Crippen LogP contribution in [0.25, 0.3) is 22.2 Å². The van der Waals surface area contributed by atoms with E-state index in [2.05, 4.69) is 46.5 Å². The molecule has 0 spiro atoms. The standard InChI is InChI=1S/C16H15N3/c1-2-17-16-7-3-6-14(19-16)13-9-8-12-5-4-10-18-15(12)11-13/h3-11H,2H2,1H3,(H,17,19). The second kappa shape index (κ2) is 5.06. The molecule has 0 aliphatic rings. The maximum atomic E-state index is 4.60. The van der Waals surface area contributed by atoms with Gasteiger partial charge in [0.2, 0.25) is 0 Å². The number of pyridine rings is 2. The van der Waals surface area contributed by atoms with Gasteiger partial charge in [-0.05, 0) is 31.2 Å². The highest BCUT2D eigenvalue weighted by Crippen LogP contribution is 2.22. The van der Waals surface area contributed by atoms with Gasteiger partial charge in [0.1, 0.15) is 5.82 Å². The third-order valence-electron chi connectivity index (χ3n) is 3.01. The van der Waals surface area contributed by atoms with Crippen LogP contribution < -0.4 is 5.32 Å². The van der Waals surface area contributed by atoms with Crippen molar-refractivity contribution < 1.29 is 0 Å².